The summed E-state index contributed by atoms with van der Waals surface area (Å²) in [7, 11) is -2.62. The third-order valence-corrected chi connectivity index (χ3v) is 1.33. The predicted molar refractivity (Wildman–Crippen MR) is 38.5 cm³/mol. The summed E-state index contributed by atoms with van der Waals surface area (Å²) in [4.78, 5) is 11.0. The summed E-state index contributed by atoms with van der Waals surface area (Å²) in [5.74, 6) is -0.699. The lowest BCUT2D eigenvalue weighted by Crippen LogP contribution is -2.00. The summed E-state index contributed by atoms with van der Waals surface area (Å²) >= 11 is 0. The van der Waals surface area contributed by atoms with Gasteiger partial charge in [-0.05, 0) is 6.42 Å². The number of hydrogen-bond donors (Lipinski definition) is 0. The maximum absolute atomic E-state index is 11.0. The fourth-order valence-electron chi connectivity index (χ4n) is 0.844. The van der Waals surface area contributed by atoms with Crippen LogP contribution in [0.5, 0.6) is 0 Å². The lowest BCUT2D eigenvalue weighted by molar-refractivity contribution is -0.139. The molecule has 0 spiro atoms. The maximum atomic E-state index is 11.0. The van der Waals surface area contributed by atoms with Crippen LogP contribution in [0.4, 0.5) is 0 Å². The number of hydrogen-bond acceptors (Lipinski definition) is 2. The first-order valence-electron chi connectivity index (χ1n) is 4.54. The zero-order valence-electron chi connectivity index (χ0n) is 8.46. The molecule has 0 N–H and O–H groups in total. The van der Waals surface area contributed by atoms with Crippen molar-refractivity contribution < 1.29 is 13.6 Å². The minimum Gasteiger partial charge on any atom is -0.469 e. The summed E-state index contributed by atoms with van der Waals surface area (Å²) in [5, 5.41) is 0. The monoisotopic (exact) mass is 141 g/mol. The normalized spacial score (nSPS) is 20.8. The molecule has 1 rings (SSSR count). The minimum atomic E-state index is -2.62. The number of carbonyl (C=O) groups is 1. The van der Waals surface area contributed by atoms with Crippen LogP contribution in [0.25, 0.3) is 0 Å². The lowest BCUT2D eigenvalue weighted by Gasteiger charge is -1.97. The smallest absolute Gasteiger partial charge is 0.309 e. The Balaban J connectivity index is 2.34. The van der Waals surface area contributed by atoms with Crippen molar-refractivity contribution >= 4 is 5.97 Å². The molecule has 0 radical (unpaired) electrons. The van der Waals surface area contributed by atoms with Gasteiger partial charge in [-0.1, -0.05) is 23.8 Å². The van der Waals surface area contributed by atoms with Crippen molar-refractivity contribution in [3.63, 3.8) is 0 Å². The van der Waals surface area contributed by atoms with E-state index in [1.165, 1.54) is 0 Å². The molecular weight excluding hydrogens is 128 g/mol. The second kappa shape index (κ2) is 3.20. The van der Waals surface area contributed by atoms with E-state index in [4.69, 9.17) is 4.11 Å². The Bertz CT molecular complexity index is 263. The molecule has 1 aliphatic carbocycles. The summed E-state index contributed by atoms with van der Waals surface area (Å²) in [6.07, 6.45) is 6.29. The van der Waals surface area contributed by atoms with Crippen LogP contribution in [0, 0.1) is 0 Å². The molecule has 0 unspecified atom stereocenters. The van der Waals surface area contributed by atoms with Crippen molar-refractivity contribution in [2.24, 2.45) is 0 Å². The Morgan fingerprint density at radius 1 is 2.00 bits per heavy atom. The Hall–Kier alpha value is -1.05. The highest BCUT2D eigenvalue weighted by atomic mass is 16.5. The van der Waals surface area contributed by atoms with Crippen molar-refractivity contribution in [2.75, 3.05) is 7.04 Å². The van der Waals surface area contributed by atoms with E-state index in [0.29, 0.717) is 6.42 Å². The zero-order valence-corrected chi connectivity index (χ0v) is 5.46. The second-order valence-electron chi connectivity index (χ2n) is 2.11. The summed E-state index contributed by atoms with van der Waals surface area (Å²) < 4.78 is 24.3. The Kier molecular flexibility index (Phi) is 1.27. The van der Waals surface area contributed by atoms with E-state index in [2.05, 4.69) is 4.74 Å². The molecule has 0 fully saturated rings. The zero-order chi connectivity index (χ0) is 9.90. The molecule has 0 heterocycles. The van der Waals surface area contributed by atoms with Gasteiger partial charge in [-0.3, -0.25) is 4.79 Å². The van der Waals surface area contributed by atoms with E-state index < -0.39 is 13.0 Å². The highest BCUT2D eigenvalue weighted by Gasteiger charge is 2.05. The summed E-state index contributed by atoms with van der Waals surface area (Å²) in [6, 6.07) is 0. The highest BCUT2D eigenvalue weighted by Crippen LogP contribution is 2.14. The van der Waals surface area contributed by atoms with Gasteiger partial charge >= 0.3 is 5.97 Å². The van der Waals surface area contributed by atoms with Gasteiger partial charge in [0.05, 0.1) is 17.6 Å². The third kappa shape index (κ3) is 1.72. The van der Waals surface area contributed by atoms with Gasteiger partial charge in [-0.25, -0.2) is 0 Å². The van der Waals surface area contributed by atoms with E-state index >= 15 is 0 Å². The molecule has 0 aromatic heterocycles. The summed E-state index contributed by atoms with van der Waals surface area (Å²) in [6.45, 7) is 0. The van der Waals surface area contributed by atoms with E-state index in [1.54, 1.807) is 6.08 Å². The molecule has 0 atom stereocenters. The quantitative estimate of drug-likeness (QED) is 0.544. The van der Waals surface area contributed by atoms with Gasteiger partial charge in [-0.2, -0.15) is 0 Å². The maximum Gasteiger partial charge on any atom is 0.309 e. The van der Waals surface area contributed by atoms with Gasteiger partial charge in [0.2, 0.25) is 0 Å². The van der Waals surface area contributed by atoms with Crippen LogP contribution in [-0.4, -0.2) is 13.0 Å². The first-order valence-corrected chi connectivity index (χ1v) is 3.04. The molecule has 0 aliphatic heterocycles. The second-order valence-corrected chi connectivity index (χ2v) is 2.11. The lowest BCUT2D eigenvalue weighted by atomic mass is 10.2. The Morgan fingerprint density at radius 2 is 2.90 bits per heavy atom. The standard InChI is InChI=1S/C8H10O2/c1-10-8(9)6-7-4-2-3-5-7/h2-4H,5-6H2,1H3/i1D3. The van der Waals surface area contributed by atoms with Crippen molar-refractivity contribution in [2.45, 2.75) is 12.8 Å². The van der Waals surface area contributed by atoms with E-state index in [1.807, 2.05) is 12.2 Å². The van der Waals surface area contributed by atoms with Gasteiger partial charge in [-0.15, -0.1) is 0 Å². The molecule has 1 aliphatic rings. The van der Waals surface area contributed by atoms with Crippen LogP contribution in [0.2, 0.25) is 0 Å². The molecule has 0 saturated heterocycles. The fourth-order valence-corrected chi connectivity index (χ4v) is 0.844. The van der Waals surface area contributed by atoms with Crippen molar-refractivity contribution in [1.29, 1.82) is 0 Å². The predicted octanol–water partition coefficient (Wildman–Crippen LogP) is 1.44. The third-order valence-electron chi connectivity index (χ3n) is 1.33. The number of ether oxygens (including phenoxy) is 1. The van der Waals surface area contributed by atoms with Crippen LogP contribution in [-0.2, 0) is 9.53 Å². The van der Waals surface area contributed by atoms with Crippen LogP contribution >= 0.6 is 0 Å². The van der Waals surface area contributed by atoms with Gasteiger partial charge in [0.15, 0.2) is 0 Å². The highest BCUT2D eigenvalue weighted by molar-refractivity contribution is 5.72. The molecule has 0 saturated carbocycles. The molecular formula is C8H10O2. The number of rotatable bonds is 2. The van der Waals surface area contributed by atoms with Gasteiger partial charge in [0.25, 0.3) is 0 Å². The largest absolute Gasteiger partial charge is 0.469 e. The number of esters is 1. The molecule has 0 aromatic rings. The number of allylic oxidation sites excluding steroid dienone is 3. The van der Waals surface area contributed by atoms with E-state index in [9.17, 15) is 4.79 Å². The first kappa shape index (κ1) is 3.96. The topological polar surface area (TPSA) is 26.3 Å². The van der Waals surface area contributed by atoms with Crippen LogP contribution < -0.4 is 0 Å². The minimum absolute atomic E-state index is 0.0609. The van der Waals surface area contributed by atoms with Gasteiger partial charge in [0.1, 0.15) is 0 Å². The number of carbonyl (C=O) groups excluding carboxylic acids is 1. The molecule has 54 valence electrons. The molecule has 0 bridgehead atoms. The average molecular weight is 141 g/mol. The van der Waals surface area contributed by atoms with E-state index in [0.717, 1.165) is 5.57 Å². The average Bonchev–Trinajstić information content (AvgIpc) is 2.34. The Labute approximate surface area is 64.4 Å². The Morgan fingerprint density at radius 3 is 3.50 bits per heavy atom. The van der Waals surface area contributed by atoms with Gasteiger partial charge < -0.3 is 4.74 Å². The molecule has 10 heavy (non-hydrogen) atoms. The molecule has 0 aromatic carbocycles. The van der Waals surface area contributed by atoms with Crippen molar-refractivity contribution in [1.82, 2.24) is 0 Å². The molecule has 0 amide bonds. The van der Waals surface area contributed by atoms with Crippen molar-refractivity contribution in [3.05, 3.63) is 23.8 Å². The van der Waals surface area contributed by atoms with Gasteiger partial charge in [0, 0.05) is 0 Å². The SMILES string of the molecule is [2H]C([2H])([2H])OC(=O)CC1=CC=CC1. The molecule has 2 heteroatoms. The van der Waals surface area contributed by atoms with E-state index in [-0.39, 0.29) is 6.42 Å². The molecule has 2 nitrogen and oxygen atoms in total. The number of methoxy groups -OCH3 is 1. The van der Waals surface area contributed by atoms with Crippen LogP contribution in [0.1, 0.15) is 17.0 Å². The summed E-state index contributed by atoms with van der Waals surface area (Å²) in [5.41, 5.74) is 0.884. The van der Waals surface area contributed by atoms with Crippen LogP contribution in [0.3, 0.4) is 0 Å². The van der Waals surface area contributed by atoms with Crippen LogP contribution in [0.15, 0.2) is 23.8 Å². The first-order chi connectivity index (χ1) is 5.97. The van der Waals surface area contributed by atoms with Crippen molar-refractivity contribution in [3.8, 4) is 0 Å². The fraction of sp³-hybridized carbons (Fsp3) is 0.375.